The maximum Gasteiger partial charge on any atom is 0.123 e. The molecule has 1 unspecified atom stereocenters. The minimum Gasteiger partial charge on any atom is -0.372 e. The molecule has 0 saturated carbocycles. The lowest BCUT2D eigenvalue weighted by molar-refractivity contribution is 0.502. The van der Waals surface area contributed by atoms with Gasteiger partial charge in [-0.2, -0.15) is 0 Å². The van der Waals surface area contributed by atoms with Crippen LogP contribution in [0.5, 0.6) is 0 Å². The first kappa shape index (κ1) is 17.0. The fourth-order valence-corrected chi connectivity index (χ4v) is 2.52. The lowest BCUT2D eigenvalue weighted by Crippen LogP contribution is -2.31. The van der Waals surface area contributed by atoms with Gasteiger partial charge in [0.15, 0.2) is 0 Å². The Labute approximate surface area is 123 Å². The maximum absolute atomic E-state index is 13.5. The van der Waals surface area contributed by atoms with E-state index in [0.717, 1.165) is 37.2 Å². The summed E-state index contributed by atoms with van der Waals surface area (Å²) in [6.45, 7) is 10.5. The standard InChI is InChI=1S/C17H29FN2/c1-6-9-19-12-15-11-16(18)7-8-17(15)20(5)14(4)10-13(2)3/h7-8,11,13-14,19H,6,9-10,12H2,1-5H3. The van der Waals surface area contributed by atoms with E-state index in [2.05, 4.69) is 45.0 Å². The van der Waals surface area contributed by atoms with Gasteiger partial charge in [0.2, 0.25) is 0 Å². The molecule has 1 rings (SSSR count). The highest BCUT2D eigenvalue weighted by atomic mass is 19.1. The van der Waals surface area contributed by atoms with Gasteiger partial charge in [-0.3, -0.25) is 0 Å². The van der Waals surface area contributed by atoms with Crippen LogP contribution in [0, 0.1) is 11.7 Å². The van der Waals surface area contributed by atoms with Crippen LogP contribution in [0.15, 0.2) is 18.2 Å². The monoisotopic (exact) mass is 280 g/mol. The molecular weight excluding hydrogens is 251 g/mol. The van der Waals surface area contributed by atoms with Crippen molar-refractivity contribution >= 4 is 5.69 Å². The Hall–Kier alpha value is -1.09. The van der Waals surface area contributed by atoms with Gasteiger partial charge in [-0.25, -0.2) is 4.39 Å². The van der Waals surface area contributed by atoms with E-state index < -0.39 is 0 Å². The van der Waals surface area contributed by atoms with Gasteiger partial charge in [0.1, 0.15) is 5.82 Å². The molecule has 0 saturated heterocycles. The highest BCUT2D eigenvalue weighted by Gasteiger charge is 2.15. The van der Waals surface area contributed by atoms with Crippen LogP contribution < -0.4 is 10.2 Å². The van der Waals surface area contributed by atoms with Gasteiger partial charge < -0.3 is 10.2 Å². The van der Waals surface area contributed by atoms with Crippen LogP contribution >= 0.6 is 0 Å². The van der Waals surface area contributed by atoms with Gasteiger partial charge in [-0.05, 0) is 56.0 Å². The lowest BCUT2D eigenvalue weighted by Gasteiger charge is -2.30. The van der Waals surface area contributed by atoms with Crippen molar-refractivity contribution in [3.8, 4) is 0 Å². The third kappa shape index (κ3) is 5.12. The summed E-state index contributed by atoms with van der Waals surface area (Å²) in [5.41, 5.74) is 2.17. The summed E-state index contributed by atoms with van der Waals surface area (Å²) in [5, 5.41) is 3.36. The highest BCUT2D eigenvalue weighted by molar-refractivity contribution is 5.54. The number of hydrogen-bond acceptors (Lipinski definition) is 2. The molecule has 2 nitrogen and oxygen atoms in total. The second-order valence-electron chi connectivity index (χ2n) is 6.04. The van der Waals surface area contributed by atoms with Gasteiger partial charge in [-0.1, -0.05) is 20.8 Å². The van der Waals surface area contributed by atoms with Crippen molar-refractivity contribution in [2.24, 2.45) is 5.92 Å². The molecule has 1 atom stereocenters. The summed E-state index contributed by atoms with van der Waals surface area (Å²) in [5.74, 6) is 0.501. The summed E-state index contributed by atoms with van der Waals surface area (Å²) < 4.78 is 13.5. The second-order valence-corrected chi connectivity index (χ2v) is 6.04. The second kappa shape index (κ2) is 8.25. The summed E-state index contributed by atoms with van der Waals surface area (Å²) >= 11 is 0. The van der Waals surface area contributed by atoms with Gasteiger partial charge >= 0.3 is 0 Å². The number of halogens is 1. The highest BCUT2D eigenvalue weighted by Crippen LogP contribution is 2.24. The normalized spacial score (nSPS) is 12.8. The quantitative estimate of drug-likeness (QED) is 0.718. The first-order valence-electron chi connectivity index (χ1n) is 7.67. The molecule has 0 spiro atoms. The molecule has 20 heavy (non-hydrogen) atoms. The van der Waals surface area contributed by atoms with Gasteiger partial charge in [0, 0.05) is 25.3 Å². The topological polar surface area (TPSA) is 15.3 Å². The minimum absolute atomic E-state index is 0.160. The van der Waals surface area contributed by atoms with Gasteiger partial charge in [-0.15, -0.1) is 0 Å². The molecule has 0 fully saturated rings. The minimum atomic E-state index is -0.160. The fourth-order valence-electron chi connectivity index (χ4n) is 2.52. The summed E-state index contributed by atoms with van der Waals surface area (Å²) in [4.78, 5) is 2.27. The van der Waals surface area contributed by atoms with E-state index in [1.165, 1.54) is 0 Å². The largest absolute Gasteiger partial charge is 0.372 e. The van der Waals surface area contributed by atoms with Gasteiger partial charge in [0.05, 0.1) is 0 Å². The Morgan fingerprint density at radius 2 is 1.95 bits per heavy atom. The number of nitrogens with one attached hydrogen (secondary N) is 1. The zero-order valence-electron chi connectivity index (χ0n) is 13.5. The molecule has 114 valence electrons. The Kier molecular flexibility index (Phi) is 7.00. The Morgan fingerprint density at radius 3 is 2.55 bits per heavy atom. The number of nitrogens with zero attached hydrogens (tertiary/aromatic N) is 1. The fraction of sp³-hybridized carbons (Fsp3) is 0.647. The average Bonchev–Trinajstić information content (AvgIpc) is 2.37. The number of hydrogen-bond donors (Lipinski definition) is 1. The predicted molar refractivity (Wildman–Crippen MR) is 85.7 cm³/mol. The molecule has 0 heterocycles. The van der Waals surface area contributed by atoms with E-state index in [1.807, 2.05) is 6.07 Å². The molecule has 0 aliphatic heterocycles. The summed E-state index contributed by atoms with van der Waals surface area (Å²) in [6, 6.07) is 5.55. The van der Waals surface area contributed by atoms with Crippen molar-refractivity contribution in [1.29, 1.82) is 0 Å². The van der Waals surface area contributed by atoms with E-state index in [9.17, 15) is 4.39 Å². The van der Waals surface area contributed by atoms with Crippen LogP contribution in [-0.2, 0) is 6.54 Å². The van der Waals surface area contributed by atoms with Crippen molar-refractivity contribution < 1.29 is 4.39 Å². The molecule has 0 amide bonds. The van der Waals surface area contributed by atoms with Crippen LogP contribution in [0.25, 0.3) is 0 Å². The van der Waals surface area contributed by atoms with Crippen molar-refractivity contribution in [3.05, 3.63) is 29.6 Å². The van der Waals surface area contributed by atoms with E-state index in [0.29, 0.717) is 12.0 Å². The van der Waals surface area contributed by atoms with Crippen molar-refractivity contribution in [2.75, 3.05) is 18.5 Å². The average molecular weight is 280 g/mol. The molecule has 0 radical (unpaired) electrons. The Morgan fingerprint density at radius 1 is 1.25 bits per heavy atom. The van der Waals surface area contributed by atoms with Crippen molar-refractivity contribution in [3.63, 3.8) is 0 Å². The lowest BCUT2D eigenvalue weighted by atomic mass is 10.0. The third-order valence-corrected chi connectivity index (χ3v) is 3.64. The van der Waals surface area contributed by atoms with Crippen LogP contribution in [0.2, 0.25) is 0 Å². The van der Waals surface area contributed by atoms with Gasteiger partial charge in [0.25, 0.3) is 0 Å². The Bertz CT molecular complexity index is 404. The Balaban J connectivity index is 2.86. The number of benzene rings is 1. The van der Waals surface area contributed by atoms with Crippen molar-refractivity contribution in [1.82, 2.24) is 5.32 Å². The molecule has 1 aromatic carbocycles. The SMILES string of the molecule is CCCNCc1cc(F)ccc1N(C)C(C)CC(C)C. The first-order valence-corrected chi connectivity index (χ1v) is 7.67. The predicted octanol–water partition coefficient (Wildman–Crippen LogP) is 4.20. The van der Waals surface area contributed by atoms with Crippen LogP contribution in [0.1, 0.15) is 46.1 Å². The number of anilines is 1. The number of rotatable bonds is 8. The molecule has 3 heteroatoms. The smallest absolute Gasteiger partial charge is 0.123 e. The zero-order chi connectivity index (χ0) is 15.1. The van der Waals surface area contributed by atoms with E-state index in [4.69, 9.17) is 0 Å². The van der Waals surface area contributed by atoms with Crippen LogP contribution in [-0.4, -0.2) is 19.6 Å². The van der Waals surface area contributed by atoms with E-state index in [1.54, 1.807) is 12.1 Å². The molecule has 0 aliphatic rings. The molecule has 1 aromatic rings. The zero-order valence-corrected chi connectivity index (χ0v) is 13.5. The van der Waals surface area contributed by atoms with E-state index in [-0.39, 0.29) is 5.82 Å². The molecule has 1 N–H and O–H groups in total. The molecular formula is C17H29FN2. The first-order chi connectivity index (χ1) is 9.45. The van der Waals surface area contributed by atoms with E-state index >= 15 is 0 Å². The molecule has 0 aromatic heterocycles. The maximum atomic E-state index is 13.5. The third-order valence-electron chi connectivity index (χ3n) is 3.64. The summed E-state index contributed by atoms with van der Waals surface area (Å²) in [6.07, 6.45) is 2.22. The molecule has 0 aliphatic carbocycles. The van der Waals surface area contributed by atoms with Crippen LogP contribution in [0.3, 0.4) is 0 Å². The van der Waals surface area contributed by atoms with Crippen LogP contribution in [0.4, 0.5) is 10.1 Å². The van der Waals surface area contributed by atoms with Crippen molar-refractivity contribution in [2.45, 2.75) is 53.1 Å². The molecule has 0 bridgehead atoms. The summed E-state index contributed by atoms with van der Waals surface area (Å²) in [7, 11) is 2.10.